The van der Waals surface area contributed by atoms with E-state index in [4.69, 9.17) is 0 Å². The van der Waals surface area contributed by atoms with Crippen LogP contribution in [0.4, 0.5) is 13.2 Å². The van der Waals surface area contributed by atoms with Gasteiger partial charge in [-0.3, -0.25) is 0 Å². The van der Waals surface area contributed by atoms with Crippen molar-refractivity contribution in [2.45, 2.75) is 38.0 Å². The largest absolute Gasteiger partial charge is 0.416 e. The second-order valence-electron chi connectivity index (χ2n) is 5.32. The summed E-state index contributed by atoms with van der Waals surface area (Å²) in [5, 5.41) is 13.5. The molecule has 0 aliphatic carbocycles. The first-order chi connectivity index (χ1) is 8.80. The molecule has 1 aromatic carbocycles. The number of β-amino-alcohol motifs (C(OH)–C–C–N with tert-alkyl or cyclic N) is 1. The number of benzene rings is 1. The molecule has 2 rings (SSSR count). The molecule has 1 aliphatic rings. The maximum atomic E-state index is 12.6. The van der Waals surface area contributed by atoms with Crippen molar-refractivity contribution in [2.75, 3.05) is 13.1 Å². The van der Waals surface area contributed by atoms with Gasteiger partial charge in [0.05, 0.1) is 11.2 Å². The van der Waals surface area contributed by atoms with Crippen LogP contribution < -0.4 is 5.32 Å². The summed E-state index contributed by atoms with van der Waals surface area (Å²) in [5.41, 5.74) is -0.126. The third-order valence-corrected chi connectivity index (χ3v) is 3.64. The minimum absolute atomic E-state index is 0.393. The first-order valence-corrected chi connectivity index (χ1v) is 6.40. The predicted molar refractivity (Wildman–Crippen MR) is 66.9 cm³/mol. The number of rotatable bonds is 2. The Labute approximate surface area is 110 Å². The summed E-state index contributed by atoms with van der Waals surface area (Å²) in [5.74, 6) is 0. The Kier molecular flexibility index (Phi) is 3.87. The number of piperidine rings is 1. The van der Waals surface area contributed by atoms with E-state index in [2.05, 4.69) is 5.32 Å². The van der Waals surface area contributed by atoms with Crippen molar-refractivity contribution in [3.05, 3.63) is 34.9 Å². The number of hydrogen-bond donors (Lipinski definition) is 2. The predicted octanol–water partition coefficient (Wildman–Crippen LogP) is 2.67. The van der Waals surface area contributed by atoms with E-state index in [1.807, 2.05) is 0 Å². The first kappa shape index (κ1) is 14.3. The van der Waals surface area contributed by atoms with Gasteiger partial charge in [0.1, 0.15) is 0 Å². The fraction of sp³-hybridized carbons (Fsp3) is 0.571. The lowest BCUT2D eigenvalue weighted by Crippen LogP contribution is -2.47. The lowest BCUT2D eigenvalue weighted by atomic mass is 9.86. The van der Waals surface area contributed by atoms with E-state index in [1.165, 1.54) is 6.07 Å². The summed E-state index contributed by atoms with van der Waals surface area (Å²) in [7, 11) is 0. The van der Waals surface area contributed by atoms with Crippen LogP contribution in [0, 0.1) is 6.92 Å². The van der Waals surface area contributed by atoms with Crippen LogP contribution in [0.15, 0.2) is 18.2 Å². The van der Waals surface area contributed by atoms with Crippen molar-refractivity contribution < 1.29 is 18.3 Å². The van der Waals surface area contributed by atoms with E-state index in [0.29, 0.717) is 24.9 Å². The molecule has 106 valence electrons. The standard InChI is InChI=1S/C14H18F3NO/c1-10-7-12(14(15,16)17)4-3-11(10)8-13(19)5-2-6-18-9-13/h3-4,7,18-19H,2,5-6,8-9H2,1H3. The maximum absolute atomic E-state index is 12.6. The third kappa shape index (κ3) is 3.48. The number of alkyl halides is 3. The van der Waals surface area contributed by atoms with E-state index in [-0.39, 0.29) is 0 Å². The average molecular weight is 273 g/mol. The Bertz CT molecular complexity index is 450. The highest BCUT2D eigenvalue weighted by Gasteiger charge is 2.32. The van der Waals surface area contributed by atoms with Gasteiger partial charge in [0, 0.05) is 13.0 Å². The zero-order chi connectivity index (χ0) is 14.1. The molecule has 0 spiro atoms. The van der Waals surface area contributed by atoms with Gasteiger partial charge in [-0.1, -0.05) is 6.07 Å². The average Bonchev–Trinajstić information content (AvgIpc) is 2.31. The first-order valence-electron chi connectivity index (χ1n) is 6.40. The SMILES string of the molecule is Cc1cc(C(F)(F)F)ccc1CC1(O)CCCNC1. The van der Waals surface area contributed by atoms with Crippen LogP contribution in [0.1, 0.15) is 29.5 Å². The van der Waals surface area contributed by atoms with Gasteiger partial charge in [-0.2, -0.15) is 13.2 Å². The molecule has 2 N–H and O–H groups in total. The Hall–Kier alpha value is -1.07. The number of nitrogens with one attached hydrogen (secondary N) is 1. The lowest BCUT2D eigenvalue weighted by Gasteiger charge is -2.33. The fourth-order valence-electron chi connectivity index (χ4n) is 2.53. The van der Waals surface area contributed by atoms with Crippen molar-refractivity contribution in [2.24, 2.45) is 0 Å². The van der Waals surface area contributed by atoms with Gasteiger partial charge in [0.25, 0.3) is 0 Å². The molecule has 5 heteroatoms. The molecule has 0 saturated carbocycles. The highest BCUT2D eigenvalue weighted by Crippen LogP contribution is 2.31. The summed E-state index contributed by atoms with van der Waals surface area (Å²) in [6.45, 7) is 3.03. The van der Waals surface area contributed by atoms with Crippen molar-refractivity contribution in [1.29, 1.82) is 0 Å². The van der Waals surface area contributed by atoms with Crippen molar-refractivity contribution >= 4 is 0 Å². The molecule has 1 aromatic rings. The van der Waals surface area contributed by atoms with Gasteiger partial charge >= 0.3 is 6.18 Å². The van der Waals surface area contributed by atoms with Crippen LogP contribution in [-0.4, -0.2) is 23.8 Å². The molecule has 0 bridgehead atoms. The van der Waals surface area contributed by atoms with Crippen LogP contribution in [-0.2, 0) is 12.6 Å². The zero-order valence-corrected chi connectivity index (χ0v) is 10.8. The number of aliphatic hydroxyl groups is 1. The minimum atomic E-state index is -4.31. The molecule has 1 heterocycles. The highest BCUT2D eigenvalue weighted by atomic mass is 19.4. The molecule has 2 nitrogen and oxygen atoms in total. The second kappa shape index (κ2) is 5.13. The quantitative estimate of drug-likeness (QED) is 0.868. The number of halogens is 3. The van der Waals surface area contributed by atoms with Gasteiger partial charge in [-0.05, 0) is 49.6 Å². The summed E-state index contributed by atoms with van der Waals surface area (Å²) in [6.07, 6.45) is -2.35. The topological polar surface area (TPSA) is 32.3 Å². The smallest absolute Gasteiger partial charge is 0.388 e. The summed E-state index contributed by atoms with van der Waals surface area (Å²) in [6, 6.07) is 3.71. The molecular weight excluding hydrogens is 255 g/mol. The Morgan fingerprint density at radius 1 is 1.37 bits per heavy atom. The van der Waals surface area contributed by atoms with Crippen LogP contribution >= 0.6 is 0 Å². The molecule has 1 aliphatic heterocycles. The molecule has 1 atom stereocenters. The molecule has 0 radical (unpaired) electrons. The maximum Gasteiger partial charge on any atom is 0.416 e. The van der Waals surface area contributed by atoms with E-state index in [1.54, 1.807) is 6.92 Å². The highest BCUT2D eigenvalue weighted by molar-refractivity contribution is 5.33. The van der Waals surface area contributed by atoms with E-state index in [9.17, 15) is 18.3 Å². The van der Waals surface area contributed by atoms with Gasteiger partial charge in [0.15, 0.2) is 0 Å². The van der Waals surface area contributed by atoms with Crippen molar-refractivity contribution in [3.8, 4) is 0 Å². The minimum Gasteiger partial charge on any atom is -0.388 e. The summed E-state index contributed by atoms with van der Waals surface area (Å²) >= 11 is 0. The Morgan fingerprint density at radius 3 is 2.63 bits per heavy atom. The molecular formula is C14H18F3NO. The molecule has 1 fully saturated rings. The van der Waals surface area contributed by atoms with Crippen LogP contribution in [0.3, 0.4) is 0 Å². The van der Waals surface area contributed by atoms with Crippen LogP contribution in [0.25, 0.3) is 0 Å². The van der Waals surface area contributed by atoms with Crippen LogP contribution in [0.2, 0.25) is 0 Å². The second-order valence-corrected chi connectivity index (χ2v) is 5.32. The number of aryl methyl sites for hydroxylation is 1. The van der Waals surface area contributed by atoms with Gasteiger partial charge in [-0.15, -0.1) is 0 Å². The van der Waals surface area contributed by atoms with Gasteiger partial charge in [-0.25, -0.2) is 0 Å². The van der Waals surface area contributed by atoms with Gasteiger partial charge < -0.3 is 10.4 Å². The van der Waals surface area contributed by atoms with E-state index < -0.39 is 17.3 Å². The Morgan fingerprint density at radius 2 is 2.11 bits per heavy atom. The third-order valence-electron chi connectivity index (χ3n) is 3.64. The summed E-state index contributed by atoms with van der Waals surface area (Å²) < 4.78 is 37.7. The molecule has 0 amide bonds. The Balaban J connectivity index is 2.17. The van der Waals surface area contributed by atoms with Crippen LogP contribution in [0.5, 0.6) is 0 Å². The van der Waals surface area contributed by atoms with Gasteiger partial charge in [0.2, 0.25) is 0 Å². The van der Waals surface area contributed by atoms with E-state index in [0.717, 1.165) is 30.7 Å². The van der Waals surface area contributed by atoms with Crippen molar-refractivity contribution in [1.82, 2.24) is 5.32 Å². The molecule has 1 saturated heterocycles. The summed E-state index contributed by atoms with van der Waals surface area (Å²) in [4.78, 5) is 0. The lowest BCUT2D eigenvalue weighted by molar-refractivity contribution is -0.137. The van der Waals surface area contributed by atoms with Crippen molar-refractivity contribution in [3.63, 3.8) is 0 Å². The molecule has 19 heavy (non-hydrogen) atoms. The molecule has 0 aromatic heterocycles. The normalized spacial score (nSPS) is 24.5. The van der Waals surface area contributed by atoms with E-state index >= 15 is 0 Å². The fourth-order valence-corrected chi connectivity index (χ4v) is 2.53. The monoisotopic (exact) mass is 273 g/mol. The number of hydrogen-bond acceptors (Lipinski definition) is 2. The zero-order valence-electron chi connectivity index (χ0n) is 10.8. The molecule has 1 unspecified atom stereocenters.